The zero-order chi connectivity index (χ0) is 18.8. The first-order valence-electron chi connectivity index (χ1n) is 8.60. The van der Waals surface area contributed by atoms with E-state index in [4.69, 9.17) is 0 Å². The lowest BCUT2D eigenvalue weighted by atomic mass is 10.1. The minimum Gasteiger partial charge on any atom is -0.335 e. The van der Waals surface area contributed by atoms with Gasteiger partial charge in [-0.15, -0.1) is 0 Å². The van der Waals surface area contributed by atoms with Gasteiger partial charge in [-0.3, -0.25) is 4.79 Å². The summed E-state index contributed by atoms with van der Waals surface area (Å²) in [6.07, 6.45) is 1.33. The smallest absolute Gasteiger partial charge is 0.233 e. The predicted octanol–water partition coefficient (Wildman–Crippen LogP) is 2.31. The summed E-state index contributed by atoms with van der Waals surface area (Å²) in [4.78, 5) is 23.4. The van der Waals surface area contributed by atoms with Gasteiger partial charge in [-0.2, -0.15) is 0 Å². The number of nitrogens with zero attached hydrogens (tertiary/aromatic N) is 3. The topological polar surface area (TPSA) is 80.2 Å². The number of hydrogen-bond donors (Lipinski definition) is 0. The molecule has 2 heterocycles. The molecule has 0 radical (unpaired) electrons. The lowest BCUT2D eigenvalue weighted by Crippen LogP contribution is -2.47. The molecule has 2 atom stereocenters. The van der Waals surface area contributed by atoms with Crippen molar-refractivity contribution in [2.45, 2.75) is 64.7 Å². The fourth-order valence-electron chi connectivity index (χ4n) is 3.01. The third-order valence-electron chi connectivity index (χ3n) is 4.89. The molecular formula is C17H27N3O3S2. The van der Waals surface area contributed by atoms with E-state index < -0.39 is 9.84 Å². The maximum Gasteiger partial charge on any atom is 0.233 e. The molecule has 0 saturated carbocycles. The number of amides is 1. The summed E-state index contributed by atoms with van der Waals surface area (Å²) in [7, 11) is -3.02. The van der Waals surface area contributed by atoms with E-state index in [1.807, 2.05) is 34.6 Å². The molecule has 1 aliphatic rings. The average molecular weight is 386 g/mol. The summed E-state index contributed by atoms with van der Waals surface area (Å²) >= 11 is 1.32. The van der Waals surface area contributed by atoms with Crippen molar-refractivity contribution in [1.29, 1.82) is 0 Å². The number of thioether (sulfide) groups is 1. The highest BCUT2D eigenvalue weighted by Gasteiger charge is 2.36. The predicted molar refractivity (Wildman–Crippen MR) is 101 cm³/mol. The third-order valence-corrected chi connectivity index (χ3v) is 7.47. The maximum absolute atomic E-state index is 12.8. The van der Waals surface area contributed by atoms with Crippen LogP contribution in [0.1, 0.15) is 43.6 Å². The van der Waals surface area contributed by atoms with E-state index in [0.29, 0.717) is 11.6 Å². The molecule has 0 aliphatic carbocycles. The summed E-state index contributed by atoms with van der Waals surface area (Å²) < 4.78 is 23.6. The number of sulfone groups is 1. The summed E-state index contributed by atoms with van der Waals surface area (Å²) in [5.74, 6) is 0.432. The summed E-state index contributed by atoms with van der Waals surface area (Å²) in [6.45, 7) is 9.84. The van der Waals surface area contributed by atoms with Crippen molar-refractivity contribution in [2.24, 2.45) is 0 Å². The molecular weight excluding hydrogens is 358 g/mol. The molecule has 1 fully saturated rings. The molecule has 1 aromatic rings. The first kappa shape index (κ1) is 20.2. The van der Waals surface area contributed by atoms with Crippen LogP contribution >= 0.6 is 11.8 Å². The van der Waals surface area contributed by atoms with Crippen LogP contribution in [0.15, 0.2) is 5.16 Å². The van der Waals surface area contributed by atoms with Crippen LogP contribution in [-0.4, -0.2) is 58.5 Å². The number of aromatic nitrogens is 2. The molecule has 0 bridgehead atoms. The molecule has 25 heavy (non-hydrogen) atoms. The maximum atomic E-state index is 12.8. The molecule has 0 unspecified atom stereocenters. The highest BCUT2D eigenvalue weighted by Crippen LogP contribution is 2.24. The Balaban J connectivity index is 2.10. The summed E-state index contributed by atoms with van der Waals surface area (Å²) in [5, 5.41) is 0.595. The normalized spacial score (nSPS) is 20.4. The Labute approximate surface area is 154 Å². The van der Waals surface area contributed by atoms with Gasteiger partial charge in [-0.05, 0) is 46.1 Å². The van der Waals surface area contributed by atoms with Crippen LogP contribution in [0, 0.1) is 20.8 Å². The van der Waals surface area contributed by atoms with Crippen LogP contribution in [0.5, 0.6) is 0 Å². The van der Waals surface area contributed by atoms with Gasteiger partial charge in [-0.1, -0.05) is 18.7 Å². The molecule has 140 valence electrons. The van der Waals surface area contributed by atoms with E-state index in [1.54, 1.807) is 4.90 Å². The standard InChI is InChI=1S/C17H27N3O3S2/c1-6-11(2)20(15-7-8-25(22,23)10-15)16(21)9-24-17-18-13(4)12(3)14(5)19-17/h11,15H,6-10H2,1-5H3/t11-,15-/m1/s1. The lowest BCUT2D eigenvalue weighted by molar-refractivity contribution is -0.132. The van der Waals surface area contributed by atoms with Gasteiger partial charge < -0.3 is 4.90 Å². The molecule has 2 rings (SSSR count). The van der Waals surface area contributed by atoms with Crippen molar-refractivity contribution in [1.82, 2.24) is 14.9 Å². The van der Waals surface area contributed by atoms with Gasteiger partial charge in [0.25, 0.3) is 0 Å². The van der Waals surface area contributed by atoms with E-state index in [1.165, 1.54) is 11.8 Å². The Morgan fingerprint density at radius 2 is 1.88 bits per heavy atom. The van der Waals surface area contributed by atoms with Gasteiger partial charge in [0.2, 0.25) is 5.91 Å². The Bertz CT molecular complexity index is 727. The lowest BCUT2D eigenvalue weighted by Gasteiger charge is -2.33. The molecule has 0 aromatic carbocycles. The second-order valence-corrected chi connectivity index (χ2v) is 9.88. The van der Waals surface area contributed by atoms with Crippen LogP contribution in [0.2, 0.25) is 0 Å². The zero-order valence-electron chi connectivity index (χ0n) is 15.6. The van der Waals surface area contributed by atoms with E-state index in [0.717, 1.165) is 23.4 Å². The van der Waals surface area contributed by atoms with Crippen LogP contribution < -0.4 is 0 Å². The fourth-order valence-corrected chi connectivity index (χ4v) is 5.52. The first-order valence-corrected chi connectivity index (χ1v) is 11.4. The van der Waals surface area contributed by atoms with E-state index in [9.17, 15) is 13.2 Å². The van der Waals surface area contributed by atoms with Gasteiger partial charge in [0, 0.05) is 23.5 Å². The first-order chi connectivity index (χ1) is 11.6. The zero-order valence-corrected chi connectivity index (χ0v) is 17.2. The number of aryl methyl sites for hydroxylation is 2. The Hall–Kier alpha value is -1.15. The number of hydrogen-bond acceptors (Lipinski definition) is 6. The van der Waals surface area contributed by atoms with Gasteiger partial charge >= 0.3 is 0 Å². The van der Waals surface area contributed by atoms with Gasteiger partial charge in [0.05, 0.1) is 17.3 Å². The second-order valence-electron chi connectivity index (χ2n) is 6.71. The minimum absolute atomic E-state index is 0.0220. The van der Waals surface area contributed by atoms with Gasteiger partial charge in [0.15, 0.2) is 15.0 Å². The number of carbonyl (C=O) groups excluding carboxylic acids is 1. The highest BCUT2D eigenvalue weighted by atomic mass is 32.2. The van der Waals surface area contributed by atoms with Crippen molar-refractivity contribution < 1.29 is 13.2 Å². The van der Waals surface area contributed by atoms with Crippen molar-refractivity contribution in [3.63, 3.8) is 0 Å². The van der Waals surface area contributed by atoms with Crippen molar-refractivity contribution in [2.75, 3.05) is 17.3 Å². The Morgan fingerprint density at radius 3 is 2.36 bits per heavy atom. The SMILES string of the molecule is CC[C@@H](C)N(C(=O)CSc1nc(C)c(C)c(C)n1)[C@@H]1CCS(=O)(=O)C1. The number of carbonyl (C=O) groups is 1. The average Bonchev–Trinajstić information content (AvgIpc) is 2.90. The Kier molecular flexibility index (Phi) is 6.48. The fraction of sp³-hybridized carbons (Fsp3) is 0.706. The molecule has 1 aliphatic heterocycles. The van der Waals surface area contributed by atoms with Crippen molar-refractivity contribution >= 4 is 27.5 Å². The van der Waals surface area contributed by atoms with Crippen LogP contribution in [0.4, 0.5) is 0 Å². The largest absolute Gasteiger partial charge is 0.335 e. The van der Waals surface area contributed by atoms with Crippen LogP contribution in [0.3, 0.4) is 0 Å². The molecule has 0 spiro atoms. The van der Waals surface area contributed by atoms with Crippen LogP contribution in [-0.2, 0) is 14.6 Å². The van der Waals surface area contributed by atoms with Gasteiger partial charge in [-0.25, -0.2) is 18.4 Å². The molecule has 8 heteroatoms. The third kappa shape index (κ3) is 4.94. The molecule has 1 saturated heterocycles. The van der Waals surface area contributed by atoms with Crippen LogP contribution in [0.25, 0.3) is 0 Å². The quantitative estimate of drug-likeness (QED) is 0.552. The molecule has 0 N–H and O–H groups in total. The minimum atomic E-state index is -3.02. The second kappa shape index (κ2) is 8.03. The summed E-state index contributed by atoms with van der Waals surface area (Å²) in [6, 6.07) is -0.190. The molecule has 1 aromatic heterocycles. The Morgan fingerprint density at radius 1 is 1.28 bits per heavy atom. The highest BCUT2D eigenvalue weighted by molar-refractivity contribution is 7.99. The molecule has 1 amide bonds. The van der Waals surface area contributed by atoms with E-state index in [-0.39, 0.29) is 35.2 Å². The number of rotatable bonds is 6. The van der Waals surface area contributed by atoms with E-state index in [2.05, 4.69) is 9.97 Å². The van der Waals surface area contributed by atoms with E-state index >= 15 is 0 Å². The molecule has 6 nitrogen and oxygen atoms in total. The van der Waals surface area contributed by atoms with Gasteiger partial charge in [0.1, 0.15) is 0 Å². The summed E-state index contributed by atoms with van der Waals surface area (Å²) in [5.41, 5.74) is 2.90. The van der Waals surface area contributed by atoms with Crippen molar-refractivity contribution in [3.8, 4) is 0 Å². The monoisotopic (exact) mass is 385 g/mol. The van der Waals surface area contributed by atoms with Crippen molar-refractivity contribution in [3.05, 3.63) is 17.0 Å².